The predicted molar refractivity (Wildman–Crippen MR) is 382 cm³/mol. The summed E-state index contributed by atoms with van der Waals surface area (Å²) in [5.74, 6) is 0. The van der Waals surface area contributed by atoms with Gasteiger partial charge in [-0.25, -0.2) is 0 Å². The Kier molecular flexibility index (Phi) is 12.6. The molecular formula is C84H50Cl2N2O4. The van der Waals surface area contributed by atoms with E-state index in [1.165, 1.54) is 0 Å². The normalized spacial score (nSPS) is 11.8. The molecule has 8 heteroatoms. The van der Waals surface area contributed by atoms with Gasteiger partial charge >= 0.3 is 0 Å². The van der Waals surface area contributed by atoms with Gasteiger partial charge in [-0.1, -0.05) is 248 Å². The van der Waals surface area contributed by atoms with E-state index in [4.69, 9.17) is 40.9 Å². The average molecular weight is 1220 g/mol. The van der Waals surface area contributed by atoms with Gasteiger partial charge in [-0.3, -0.25) is 0 Å². The lowest BCUT2D eigenvalue weighted by Gasteiger charge is -2.34. The van der Waals surface area contributed by atoms with Crippen LogP contribution in [0.25, 0.3) is 143 Å². The maximum atomic E-state index is 7.30. The van der Waals surface area contributed by atoms with E-state index in [2.05, 4.69) is 228 Å². The number of rotatable bonds is 11. The van der Waals surface area contributed by atoms with Crippen molar-refractivity contribution >= 4 is 145 Å². The molecule has 0 aliphatic carbocycles. The zero-order valence-corrected chi connectivity index (χ0v) is 50.7. The topological polar surface area (TPSA) is 59.0 Å². The Hall–Kier alpha value is -11.5. The van der Waals surface area contributed by atoms with E-state index < -0.39 is 0 Å². The number of hydrogen-bond acceptors (Lipinski definition) is 6. The number of furan rings is 4. The third kappa shape index (κ3) is 8.71. The first kappa shape index (κ1) is 53.5. The highest BCUT2D eigenvalue weighted by atomic mass is 35.5. The van der Waals surface area contributed by atoms with Crippen LogP contribution in [0.15, 0.2) is 321 Å². The van der Waals surface area contributed by atoms with Gasteiger partial charge in [-0.05, 0) is 90.0 Å². The van der Waals surface area contributed by atoms with Crippen molar-refractivity contribution in [3.63, 3.8) is 0 Å². The largest absolute Gasteiger partial charge is 0.455 e. The van der Waals surface area contributed by atoms with Crippen molar-refractivity contribution in [2.24, 2.45) is 0 Å². The zero-order valence-electron chi connectivity index (χ0n) is 49.2. The summed E-state index contributed by atoms with van der Waals surface area (Å²) in [6.45, 7) is 0. The van der Waals surface area contributed by atoms with Crippen LogP contribution in [0.4, 0.5) is 34.1 Å². The van der Waals surface area contributed by atoms with Gasteiger partial charge in [0.25, 0.3) is 0 Å². The Morgan fingerprint density at radius 3 is 0.826 bits per heavy atom. The van der Waals surface area contributed by atoms with E-state index in [-0.39, 0.29) is 0 Å². The summed E-state index contributed by atoms with van der Waals surface area (Å²) in [6, 6.07) is 106. The first-order chi connectivity index (χ1) is 45.5. The Bertz CT molecular complexity index is 5370. The second-order valence-corrected chi connectivity index (χ2v) is 24.1. The second-order valence-electron chi connectivity index (χ2n) is 23.3. The molecule has 0 spiro atoms. The van der Waals surface area contributed by atoms with Gasteiger partial charge in [-0.15, -0.1) is 0 Å². The van der Waals surface area contributed by atoms with Gasteiger partial charge in [0.15, 0.2) is 0 Å². The van der Waals surface area contributed by atoms with E-state index in [0.29, 0.717) is 10.0 Å². The minimum absolute atomic E-state index is 0.573. The van der Waals surface area contributed by atoms with Crippen LogP contribution in [0.3, 0.4) is 0 Å². The van der Waals surface area contributed by atoms with Crippen molar-refractivity contribution in [3.8, 4) is 55.6 Å². The van der Waals surface area contributed by atoms with Gasteiger partial charge in [-0.2, -0.15) is 0 Å². The fraction of sp³-hybridized carbons (Fsp3) is 0. The molecule has 0 fully saturated rings. The van der Waals surface area contributed by atoms with E-state index in [1.54, 1.807) is 0 Å². The van der Waals surface area contributed by atoms with Crippen LogP contribution in [-0.4, -0.2) is 0 Å². The summed E-state index contributed by atoms with van der Waals surface area (Å²) in [4.78, 5) is 4.73. The fourth-order valence-corrected chi connectivity index (χ4v) is 14.3. The summed E-state index contributed by atoms with van der Waals surface area (Å²) in [5, 5.41) is 9.35. The number of anilines is 6. The quantitative estimate of drug-likeness (QED) is 0.129. The van der Waals surface area contributed by atoms with Crippen LogP contribution in [0.2, 0.25) is 10.0 Å². The van der Waals surface area contributed by atoms with Crippen molar-refractivity contribution in [3.05, 3.63) is 313 Å². The fourth-order valence-electron chi connectivity index (χ4n) is 14.0. The Morgan fingerprint density at radius 1 is 0.207 bits per heavy atom. The number of para-hydroxylation sites is 10. The maximum Gasteiger partial charge on any atom is 0.143 e. The summed E-state index contributed by atoms with van der Waals surface area (Å²) in [7, 11) is 0. The first-order valence-electron chi connectivity index (χ1n) is 30.7. The monoisotopic (exact) mass is 1220 g/mol. The van der Waals surface area contributed by atoms with E-state index >= 15 is 0 Å². The van der Waals surface area contributed by atoms with Crippen molar-refractivity contribution < 1.29 is 17.7 Å². The Balaban J connectivity index is 0.981. The van der Waals surface area contributed by atoms with E-state index in [9.17, 15) is 0 Å². The number of hydrogen-bond donors (Lipinski definition) is 0. The van der Waals surface area contributed by atoms with E-state index in [0.717, 1.165) is 178 Å². The van der Waals surface area contributed by atoms with Crippen LogP contribution >= 0.6 is 23.2 Å². The van der Waals surface area contributed by atoms with Crippen LogP contribution in [0.1, 0.15) is 0 Å². The molecule has 434 valence electrons. The molecule has 14 aromatic carbocycles. The second kappa shape index (κ2) is 21.6. The standard InChI is InChI=1S/C84H50Cl2N2O4/c85-53-22-12-24-55(48-53)87(79-63(71-38-16-34-67-59-26-4-8-42-75(59)89-81(67)71)30-14-31-64(79)72-39-17-35-68-60-27-5-9-43-76(60)90-82(68)72)57-46-52(51-20-2-1-3-21-51)47-58(50-57)88(56-25-13-23-54(86)49-56)80-65(73-40-18-36-69-61-28-6-10-44-77(61)91-83(69)73)32-15-33-66(80)74-41-19-37-70-62-29-7-11-45-78(62)92-84(70)74/h1-50H. The summed E-state index contributed by atoms with van der Waals surface area (Å²) in [5.41, 5.74) is 20.6. The van der Waals surface area contributed by atoms with E-state index in [1.807, 2.05) is 84.9 Å². The molecule has 4 heterocycles. The number of halogens is 2. The summed E-state index contributed by atoms with van der Waals surface area (Å²) in [6.07, 6.45) is 0. The highest BCUT2D eigenvalue weighted by Crippen LogP contribution is 2.55. The SMILES string of the molecule is Clc1cccc(N(c2cc(-c3ccccc3)cc(N(c3cccc(Cl)c3)c3c(-c4cccc5c4oc4ccccc45)cccc3-c3cccc4c3oc3ccccc34)c2)c2c(-c3cccc4c3oc3ccccc34)cccc2-c2cccc3c2oc2ccccc23)c1. The third-order valence-electron chi connectivity index (χ3n) is 18.0. The molecule has 0 amide bonds. The predicted octanol–water partition coefficient (Wildman–Crippen LogP) is 25.9. The molecule has 0 unspecified atom stereocenters. The smallest absolute Gasteiger partial charge is 0.143 e. The van der Waals surface area contributed by atoms with Crippen molar-refractivity contribution in [1.82, 2.24) is 0 Å². The highest BCUT2D eigenvalue weighted by molar-refractivity contribution is 6.31. The minimum Gasteiger partial charge on any atom is -0.455 e. The summed E-state index contributed by atoms with van der Waals surface area (Å²) < 4.78 is 28.0. The molecule has 18 rings (SSSR count). The molecule has 0 atom stereocenters. The molecule has 6 nitrogen and oxygen atoms in total. The third-order valence-corrected chi connectivity index (χ3v) is 18.4. The molecule has 0 saturated carbocycles. The zero-order chi connectivity index (χ0) is 61.0. The molecule has 0 aliphatic rings. The van der Waals surface area contributed by atoms with Gasteiger partial charge in [0.05, 0.1) is 11.4 Å². The van der Waals surface area contributed by atoms with Crippen LogP contribution in [-0.2, 0) is 0 Å². The van der Waals surface area contributed by atoms with Gasteiger partial charge in [0.1, 0.15) is 44.7 Å². The molecular weight excluding hydrogens is 1170 g/mol. The van der Waals surface area contributed by atoms with Gasteiger partial charge in [0.2, 0.25) is 0 Å². The van der Waals surface area contributed by atoms with Gasteiger partial charge < -0.3 is 27.5 Å². The molecule has 0 saturated heterocycles. The van der Waals surface area contributed by atoms with Crippen LogP contribution in [0.5, 0.6) is 0 Å². The number of benzene rings is 14. The van der Waals surface area contributed by atoms with Crippen LogP contribution < -0.4 is 9.80 Å². The number of nitrogens with zero attached hydrogens (tertiary/aromatic N) is 2. The molecule has 0 aliphatic heterocycles. The van der Waals surface area contributed by atoms with Gasteiger partial charge in [0, 0.05) is 120 Å². The lowest BCUT2D eigenvalue weighted by molar-refractivity contribution is 0.669. The average Bonchev–Trinajstić information content (AvgIpc) is 0.914. The lowest BCUT2D eigenvalue weighted by atomic mass is 9.91. The molecule has 0 radical (unpaired) electrons. The molecule has 4 aromatic heterocycles. The highest BCUT2D eigenvalue weighted by Gasteiger charge is 2.31. The molecule has 92 heavy (non-hydrogen) atoms. The van der Waals surface area contributed by atoms with Crippen LogP contribution in [0, 0.1) is 0 Å². The van der Waals surface area contributed by atoms with Crippen molar-refractivity contribution in [2.75, 3.05) is 9.80 Å². The molecule has 0 N–H and O–H groups in total. The van der Waals surface area contributed by atoms with Crippen molar-refractivity contribution in [1.29, 1.82) is 0 Å². The maximum absolute atomic E-state index is 7.30. The lowest BCUT2D eigenvalue weighted by Crippen LogP contribution is -2.16. The Labute approximate surface area is 538 Å². The first-order valence-corrected chi connectivity index (χ1v) is 31.4. The molecule has 0 bridgehead atoms. The minimum atomic E-state index is 0.573. The Morgan fingerprint density at radius 2 is 0.489 bits per heavy atom. The summed E-state index contributed by atoms with van der Waals surface area (Å²) >= 11 is 14.6. The van der Waals surface area contributed by atoms with Crippen molar-refractivity contribution in [2.45, 2.75) is 0 Å². The number of fused-ring (bicyclic) bond motifs is 12. The molecule has 18 aromatic rings.